The van der Waals surface area contributed by atoms with Crippen molar-refractivity contribution < 1.29 is 19.1 Å². The zero-order valence-corrected chi connectivity index (χ0v) is 15.7. The molecule has 142 valence electrons. The van der Waals surface area contributed by atoms with Crippen LogP contribution in [0.2, 0.25) is 0 Å². The average molecular weight is 375 g/mol. The molecule has 2 aromatic rings. The molecule has 1 aliphatic carbocycles. The van der Waals surface area contributed by atoms with Gasteiger partial charge in [-0.3, -0.25) is 4.79 Å². The van der Waals surface area contributed by atoms with E-state index in [1.165, 1.54) is 17.2 Å². The molecule has 0 radical (unpaired) electrons. The van der Waals surface area contributed by atoms with E-state index in [0.29, 0.717) is 11.3 Å². The molecule has 1 unspecified atom stereocenters. The van der Waals surface area contributed by atoms with Crippen LogP contribution in [0, 0.1) is 11.3 Å². The summed E-state index contributed by atoms with van der Waals surface area (Å²) < 4.78 is 10.4. The molecule has 0 saturated heterocycles. The van der Waals surface area contributed by atoms with Crippen LogP contribution in [0.4, 0.5) is 0 Å². The Kier molecular flexibility index (Phi) is 6.23. The van der Waals surface area contributed by atoms with Gasteiger partial charge in [-0.1, -0.05) is 24.3 Å². The smallest absolute Gasteiger partial charge is 0.331 e. The molecule has 0 heterocycles. The van der Waals surface area contributed by atoms with Crippen LogP contribution < -0.4 is 4.74 Å². The van der Waals surface area contributed by atoms with Crippen molar-refractivity contribution in [2.75, 3.05) is 6.61 Å². The Morgan fingerprint density at radius 2 is 1.89 bits per heavy atom. The van der Waals surface area contributed by atoms with E-state index in [2.05, 4.69) is 0 Å². The maximum absolute atomic E-state index is 12.5. The molecule has 3 rings (SSSR count). The summed E-state index contributed by atoms with van der Waals surface area (Å²) in [4.78, 5) is 24.6. The summed E-state index contributed by atoms with van der Waals surface area (Å²) in [5.74, 6) is -0.197. The van der Waals surface area contributed by atoms with Crippen LogP contribution in [0.1, 0.15) is 40.4 Å². The predicted molar refractivity (Wildman–Crippen MR) is 105 cm³/mol. The highest BCUT2D eigenvalue weighted by molar-refractivity contribution is 6.01. The lowest BCUT2D eigenvalue weighted by atomic mass is 10.0. The van der Waals surface area contributed by atoms with E-state index in [1.54, 1.807) is 37.3 Å². The first-order valence-corrected chi connectivity index (χ1v) is 9.21. The van der Waals surface area contributed by atoms with Crippen LogP contribution in [0.15, 0.2) is 48.5 Å². The van der Waals surface area contributed by atoms with Crippen LogP contribution >= 0.6 is 0 Å². The monoisotopic (exact) mass is 375 g/mol. The van der Waals surface area contributed by atoms with Crippen molar-refractivity contribution in [1.82, 2.24) is 0 Å². The maximum Gasteiger partial charge on any atom is 0.331 e. The first kappa shape index (κ1) is 19.4. The largest absolute Gasteiger partial charge is 0.479 e. The highest BCUT2D eigenvalue weighted by atomic mass is 16.5. The molecule has 0 aromatic heterocycles. The minimum absolute atomic E-state index is 0.0162. The van der Waals surface area contributed by atoms with Gasteiger partial charge in [-0.25, -0.2) is 4.79 Å². The second kappa shape index (κ2) is 9.01. The highest BCUT2D eigenvalue weighted by Crippen LogP contribution is 2.23. The molecule has 1 aliphatic rings. The van der Waals surface area contributed by atoms with Gasteiger partial charge in [-0.15, -0.1) is 0 Å². The minimum Gasteiger partial charge on any atom is -0.479 e. The van der Waals surface area contributed by atoms with Gasteiger partial charge in [0.1, 0.15) is 11.8 Å². The molecule has 1 atom stereocenters. The van der Waals surface area contributed by atoms with E-state index in [4.69, 9.17) is 14.7 Å². The third kappa shape index (κ3) is 4.86. The van der Waals surface area contributed by atoms with Crippen molar-refractivity contribution in [1.29, 1.82) is 5.26 Å². The fourth-order valence-electron chi connectivity index (χ4n) is 3.18. The molecule has 0 aliphatic heterocycles. The van der Waals surface area contributed by atoms with Crippen LogP contribution in [-0.2, 0) is 22.4 Å². The number of fused-ring (bicyclic) bond motifs is 1. The molecule has 0 bridgehead atoms. The molecule has 0 saturated carbocycles. The molecule has 2 aromatic carbocycles. The second-order valence-corrected chi connectivity index (χ2v) is 6.63. The average Bonchev–Trinajstić information content (AvgIpc) is 3.18. The van der Waals surface area contributed by atoms with Crippen molar-refractivity contribution in [3.05, 3.63) is 70.8 Å². The Morgan fingerprint density at radius 1 is 1.14 bits per heavy atom. The number of carbonyl (C=O) groups excluding carboxylic acids is 2. The molecule has 5 nitrogen and oxygen atoms in total. The first-order chi connectivity index (χ1) is 13.6. The lowest BCUT2D eigenvalue weighted by Gasteiger charge is -2.12. The van der Waals surface area contributed by atoms with Gasteiger partial charge < -0.3 is 9.47 Å². The van der Waals surface area contributed by atoms with Gasteiger partial charge in [-0.2, -0.15) is 5.26 Å². The van der Waals surface area contributed by atoms with E-state index < -0.39 is 12.1 Å². The summed E-state index contributed by atoms with van der Waals surface area (Å²) in [5, 5.41) is 8.49. The van der Waals surface area contributed by atoms with E-state index in [-0.39, 0.29) is 12.4 Å². The van der Waals surface area contributed by atoms with E-state index >= 15 is 0 Å². The summed E-state index contributed by atoms with van der Waals surface area (Å²) in [5.41, 5.74) is 3.87. The van der Waals surface area contributed by atoms with Crippen molar-refractivity contribution in [2.45, 2.75) is 32.3 Å². The second-order valence-electron chi connectivity index (χ2n) is 6.63. The van der Waals surface area contributed by atoms with Crippen LogP contribution in [-0.4, -0.2) is 24.5 Å². The number of aryl methyl sites for hydroxylation is 2. The number of nitriles is 1. The Hall–Kier alpha value is -3.39. The third-order valence-corrected chi connectivity index (χ3v) is 4.64. The first-order valence-electron chi connectivity index (χ1n) is 9.21. The number of ketones is 1. The Labute approximate surface area is 164 Å². The molecule has 0 spiro atoms. The SMILES string of the molecule is CC(OC(=O)/C=C/c1ccc(OCC#N)cc1)C(=O)c1ccc2c(c1)CCC2. The van der Waals surface area contributed by atoms with Gasteiger partial charge in [0, 0.05) is 11.6 Å². The summed E-state index contributed by atoms with van der Waals surface area (Å²) in [6, 6.07) is 14.6. The molecule has 0 amide bonds. The molecule has 5 heteroatoms. The Bertz CT molecular complexity index is 938. The summed E-state index contributed by atoms with van der Waals surface area (Å²) in [7, 11) is 0. The van der Waals surface area contributed by atoms with E-state index in [0.717, 1.165) is 24.8 Å². The van der Waals surface area contributed by atoms with Crippen LogP contribution in [0.5, 0.6) is 5.75 Å². The molecular weight excluding hydrogens is 354 g/mol. The van der Waals surface area contributed by atoms with Gasteiger partial charge in [0.05, 0.1) is 0 Å². The lowest BCUT2D eigenvalue weighted by molar-refractivity contribution is -0.140. The van der Waals surface area contributed by atoms with Crippen molar-refractivity contribution in [3.63, 3.8) is 0 Å². The Balaban J connectivity index is 1.55. The van der Waals surface area contributed by atoms with Crippen LogP contribution in [0.3, 0.4) is 0 Å². The normalized spacial score (nSPS) is 13.6. The summed E-state index contributed by atoms with van der Waals surface area (Å²) in [6.07, 6.45) is 5.21. The topological polar surface area (TPSA) is 76.4 Å². The number of hydrogen-bond donors (Lipinski definition) is 0. The van der Waals surface area contributed by atoms with Gasteiger partial charge in [0.15, 0.2) is 12.7 Å². The zero-order chi connectivity index (χ0) is 19.9. The number of hydrogen-bond acceptors (Lipinski definition) is 5. The van der Waals surface area contributed by atoms with Gasteiger partial charge in [0.2, 0.25) is 5.78 Å². The molecular formula is C23H21NO4. The summed E-state index contributed by atoms with van der Waals surface area (Å²) >= 11 is 0. The number of esters is 1. The fourth-order valence-corrected chi connectivity index (χ4v) is 3.18. The van der Waals surface area contributed by atoms with Gasteiger partial charge >= 0.3 is 5.97 Å². The molecule has 0 fully saturated rings. The zero-order valence-electron chi connectivity index (χ0n) is 15.7. The molecule has 0 N–H and O–H groups in total. The lowest BCUT2D eigenvalue weighted by Crippen LogP contribution is -2.23. The minimum atomic E-state index is -0.849. The predicted octanol–water partition coefficient (Wildman–Crippen LogP) is 3.91. The number of benzene rings is 2. The number of ether oxygens (including phenoxy) is 2. The van der Waals surface area contributed by atoms with Crippen molar-refractivity contribution >= 4 is 17.8 Å². The van der Waals surface area contributed by atoms with E-state index in [9.17, 15) is 9.59 Å². The number of rotatable bonds is 7. The van der Waals surface area contributed by atoms with Gasteiger partial charge in [0.25, 0.3) is 0 Å². The number of nitrogens with zero attached hydrogens (tertiary/aromatic N) is 1. The van der Waals surface area contributed by atoms with Crippen LogP contribution in [0.25, 0.3) is 6.08 Å². The van der Waals surface area contributed by atoms with Gasteiger partial charge in [-0.05, 0) is 67.2 Å². The molecule has 28 heavy (non-hydrogen) atoms. The number of Topliss-reactive ketones (excluding diaryl/α,β-unsaturated/α-hetero) is 1. The van der Waals surface area contributed by atoms with E-state index in [1.807, 2.05) is 24.3 Å². The maximum atomic E-state index is 12.5. The van der Waals surface area contributed by atoms with Crippen molar-refractivity contribution in [2.24, 2.45) is 0 Å². The quantitative estimate of drug-likeness (QED) is 0.417. The third-order valence-electron chi connectivity index (χ3n) is 4.64. The Morgan fingerprint density at radius 3 is 2.64 bits per heavy atom. The summed E-state index contributed by atoms with van der Waals surface area (Å²) in [6.45, 7) is 1.57. The fraction of sp³-hybridized carbons (Fsp3) is 0.261. The highest BCUT2D eigenvalue weighted by Gasteiger charge is 2.20. The van der Waals surface area contributed by atoms with Crippen molar-refractivity contribution in [3.8, 4) is 11.8 Å². The number of carbonyl (C=O) groups is 2. The standard InChI is InChI=1S/C23H21NO4/c1-16(23(26)20-9-8-18-3-2-4-19(18)15-20)28-22(25)12-7-17-5-10-21(11-6-17)27-14-13-24/h5-12,15-16H,2-4,14H2,1H3/b12-7+.